The van der Waals surface area contributed by atoms with Crippen LogP contribution in [0.3, 0.4) is 0 Å². The Kier molecular flexibility index (Phi) is 4.69. The predicted molar refractivity (Wildman–Crippen MR) is 115 cm³/mol. The second-order valence-electron chi connectivity index (χ2n) is 7.58. The number of rotatable bonds is 4. The molecule has 2 aromatic heterocycles. The number of anilines is 1. The van der Waals surface area contributed by atoms with Crippen LogP contribution in [0.15, 0.2) is 67.1 Å². The van der Waals surface area contributed by atoms with Gasteiger partial charge in [-0.25, -0.2) is 14.6 Å². The van der Waals surface area contributed by atoms with Crippen molar-refractivity contribution in [3.8, 4) is 5.69 Å². The first-order valence-corrected chi connectivity index (χ1v) is 10.0. The molecule has 29 heavy (non-hydrogen) atoms. The van der Waals surface area contributed by atoms with Crippen LogP contribution in [0.25, 0.3) is 16.7 Å². The van der Waals surface area contributed by atoms with Gasteiger partial charge in [-0.2, -0.15) is 5.10 Å². The van der Waals surface area contributed by atoms with E-state index < -0.39 is 0 Å². The van der Waals surface area contributed by atoms with Crippen molar-refractivity contribution >= 4 is 16.9 Å². The van der Waals surface area contributed by atoms with Crippen LogP contribution in [0.2, 0.25) is 0 Å². The van der Waals surface area contributed by atoms with Crippen molar-refractivity contribution in [2.75, 3.05) is 31.1 Å². The summed E-state index contributed by atoms with van der Waals surface area (Å²) >= 11 is 0. The van der Waals surface area contributed by atoms with Gasteiger partial charge in [-0.3, -0.25) is 4.90 Å². The number of piperazine rings is 1. The molecule has 1 aliphatic rings. The number of fused-ring (bicyclic) bond motifs is 1. The van der Waals surface area contributed by atoms with E-state index in [1.54, 1.807) is 6.33 Å². The molecule has 0 N–H and O–H groups in total. The smallest absolute Gasteiger partial charge is 0.168 e. The second kappa shape index (κ2) is 7.64. The normalized spacial score (nSPS) is 15.1. The van der Waals surface area contributed by atoms with E-state index in [0.29, 0.717) is 0 Å². The molecule has 0 atom stereocenters. The average molecular weight is 384 g/mol. The molecule has 1 saturated heterocycles. The van der Waals surface area contributed by atoms with Crippen molar-refractivity contribution < 1.29 is 0 Å². The van der Waals surface area contributed by atoms with E-state index in [9.17, 15) is 0 Å². The van der Waals surface area contributed by atoms with E-state index in [0.717, 1.165) is 55.3 Å². The monoisotopic (exact) mass is 384 g/mol. The summed E-state index contributed by atoms with van der Waals surface area (Å²) < 4.78 is 1.88. The zero-order valence-corrected chi connectivity index (χ0v) is 16.6. The van der Waals surface area contributed by atoms with Gasteiger partial charge in [0, 0.05) is 32.7 Å². The highest BCUT2D eigenvalue weighted by Crippen LogP contribution is 2.25. The SMILES string of the molecule is Cc1cccc(CN2CCN(c3ncnc4c3cnn4-c3ccccc3)CC2)c1. The molecule has 0 amide bonds. The molecule has 0 saturated carbocycles. The van der Waals surface area contributed by atoms with Crippen molar-refractivity contribution in [2.24, 2.45) is 0 Å². The second-order valence-corrected chi connectivity index (χ2v) is 7.58. The van der Waals surface area contributed by atoms with Crippen LogP contribution in [-0.2, 0) is 6.54 Å². The number of hydrogen-bond acceptors (Lipinski definition) is 5. The highest BCUT2D eigenvalue weighted by atomic mass is 15.3. The Morgan fingerprint density at radius 1 is 0.897 bits per heavy atom. The van der Waals surface area contributed by atoms with Gasteiger partial charge in [0.25, 0.3) is 0 Å². The van der Waals surface area contributed by atoms with Crippen molar-refractivity contribution in [3.63, 3.8) is 0 Å². The van der Waals surface area contributed by atoms with Crippen LogP contribution in [0, 0.1) is 6.92 Å². The highest BCUT2D eigenvalue weighted by Gasteiger charge is 2.21. The van der Waals surface area contributed by atoms with Gasteiger partial charge in [0.05, 0.1) is 17.3 Å². The fraction of sp³-hybridized carbons (Fsp3) is 0.261. The number of aryl methyl sites for hydroxylation is 1. The predicted octanol–water partition coefficient (Wildman–Crippen LogP) is 3.45. The molecule has 4 aromatic rings. The van der Waals surface area contributed by atoms with Gasteiger partial charge in [0.15, 0.2) is 5.65 Å². The van der Waals surface area contributed by atoms with Crippen LogP contribution in [0.4, 0.5) is 5.82 Å². The molecule has 5 rings (SSSR count). The van der Waals surface area contributed by atoms with Crippen molar-refractivity contribution in [3.05, 3.63) is 78.2 Å². The minimum atomic E-state index is 0.850. The maximum Gasteiger partial charge on any atom is 0.168 e. The molecular weight excluding hydrogens is 360 g/mol. The molecule has 6 heteroatoms. The Morgan fingerprint density at radius 2 is 1.72 bits per heavy atom. The largest absolute Gasteiger partial charge is 0.353 e. The first-order chi connectivity index (χ1) is 14.3. The van der Waals surface area contributed by atoms with Crippen molar-refractivity contribution in [2.45, 2.75) is 13.5 Å². The van der Waals surface area contributed by atoms with Gasteiger partial charge in [0.2, 0.25) is 0 Å². The summed E-state index contributed by atoms with van der Waals surface area (Å²) in [5.74, 6) is 0.979. The maximum atomic E-state index is 4.60. The van der Waals surface area contributed by atoms with E-state index in [4.69, 9.17) is 0 Å². The summed E-state index contributed by atoms with van der Waals surface area (Å²) in [4.78, 5) is 14.0. The van der Waals surface area contributed by atoms with Gasteiger partial charge in [0.1, 0.15) is 12.1 Å². The molecule has 1 aliphatic heterocycles. The molecule has 0 bridgehead atoms. The Labute approximate surface area is 170 Å². The number of aromatic nitrogens is 4. The molecule has 1 fully saturated rings. The summed E-state index contributed by atoms with van der Waals surface area (Å²) in [6, 6.07) is 18.9. The third-order valence-electron chi connectivity index (χ3n) is 5.51. The Hall–Kier alpha value is -3.25. The summed E-state index contributed by atoms with van der Waals surface area (Å²) in [6.07, 6.45) is 3.54. The molecule has 146 valence electrons. The third kappa shape index (κ3) is 3.59. The fourth-order valence-electron chi connectivity index (χ4n) is 4.03. The number of benzene rings is 2. The summed E-state index contributed by atoms with van der Waals surface area (Å²) in [5.41, 5.74) is 4.56. The van der Waals surface area contributed by atoms with Crippen LogP contribution >= 0.6 is 0 Å². The minimum absolute atomic E-state index is 0.850. The van der Waals surface area contributed by atoms with E-state index in [1.807, 2.05) is 41.2 Å². The molecule has 2 aromatic carbocycles. The zero-order chi connectivity index (χ0) is 19.6. The van der Waals surface area contributed by atoms with Crippen LogP contribution in [-0.4, -0.2) is 50.8 Å². The van der Waals surface area contributed by atoms with E-state index in [1.165, 1.54) is 11.1 Å². The molecule has 6 nitrogen and oxygen atoms in total. The van der Waals surface area contributed by atoms with Gasteiger partial charge >= 0.3 is 0 Å². The van der Waals surface area contributed by atoms with Crippen LogP contribution in [0.1, 0.15) is 11.1 Å². The first kappa shape index (κ1) is 17.8. The van der Waals surface area contributed by atoms with Gasteiger partial charge < -0.3 is 4.90 Å². The summed E-state index contributed by atoms with van der Waals surface area (Å²) in [7, 11) is 0. The quantitative estimate of drug-likeness (QED) is 0.539. The van der Waals surface area contributed by atoms with E-state index >= 15 is 0 Å². The van der Waals surface area contributed by atoms with Gasteiger partial charge in [-0.15, -0.1) is 0 Å². The van der Waals surface area contributed by atoms with Crippen LogP contribution < -0.4 is 4.90 Å². The third-order valence-corrected chi connectivity index (χ3v) is 5.51. The number of nitrogens with zero attached hydrogens (tertiary/aromatic N) is 6. The molecule has 0 aliphatic carbocycles. The van der Waals surface area contributed by atoms with Crippen molar-refractivity contribution in [1.82, 2.24) is 24.6 Å². The Balaban J connectivity index is 1.34. The average Bonchev–Trinajstić information content (AvgIpc) is 3.19. The Morgan fingerprint density at radius 3 is 2.52 bits per heavy atom. The van der Waals surface area contributed by atoms with Crippen molar-refractivity contribution in [1.29, 1.82) is 0 Å². The standard InChI is InChI=1S/C23H24N6/c1-18-6-5-7-19(14-18)16-27-10-12-28(13-11-27)22-21-15-26-29(23(21)25-17-24-22)20-8-3-2-4-9-20/h2-9,14-15,17H,10-13,16H2,1H3. The lowest BCUT2D eigenvalue weighted by atomic mass is 10.1. The molecule has 0 spiro atoms. The minimum Gasteiger partial charge on any atom is -0.353 e. The van der Waals surface area contributed by atoms with Crippen LogP contribution in [0.5, 0.6) is 0 Å². The zero-order valence-electron chi connectivity index (χ0n) is 16.6. The highest BCUT2D eigenvalue weighted by molar-refractivity contribution is 5.87. The first-order valence-electron chi connectivity index (χ1n) is 10.0. The Bertz CT molecular complexity index is 1110. The van der Waals surface area contributed by atoms with Gasteiger partial charge in [-0.1, -0.05) is 48.0 Å². The molecular formula is C23H24N6. The lowest BCUT2D eigenvalue weighted by molar-refractivity contribution is 0.249. The lowest BCUT2D eigenvalue weighted by Crippen LogP contribution is -2.46. The van der Waals surface area contributed by atoms with Gasteiger partial charge in [-0.05, 0) is 24.6 Å². The summed E-state index contributed by atoms with van der Waals surface area (Å²) in [6.45, 7) is 7.10. The molecule has 0 radical (unpaired) electrons. The summed E-state index contributed by atoms with van der Waals surface area (Å²) in [5, 5.41) is 5.58. The number of hydrogen-bond donors (Lipinski definition) is 0. The maximum absolute atomic E-state index is 4.60. The van der Waals surface area contributed by atoms with E-state index in [2.05, 4.69) is 56.1 Å². The number of para-hydroxylation sites is 1. The molecule has 3 heterocycles. The lowest BCUT2D eigenvalue weighted by Gasteiger charge is -2.35. The topological polar surface area (TPSA) is 50.1 Å². The molecule has 0 unspecified atom stereocenters. The fourth-order valence-corrected chi connectivity index (χ4v) is 4.03. The van der Waals surface area contributed by atoms with E-state index in [-0.39, 0.29) is 0 Å².